The van der Waals surface area contributed by atoms with Crippen LogP contribution in [0.25, 0.3) is 22.2 Å². The van der Waals surface area contributed by atoms with Crippen molar-refractivity contribution in [2.24, 2.45) is 0 Å². The third-order valence-electron chi connectivity index (χ3n) is 4.15. The summed E-state index contributed by atoms with van der Waals surface area (Å²) in [5, 5.41) is 6.54. The summed E-state index contributed by atoms with van der Waals surface area (Å²) in [6.45, 7) is -0.0823. The van der Waals surface area contributed by atoms with Crippen LogP contribution >= 0.6 is 11.6 Å². The predicted octanol–water partition coefficient (Wildman–Crippen LogP) is 4.83. The molecule has 0 amide bonds. The van der Waals surface area contributed by atoms with Crippen LogP contribution in [0.2, 0.25) is 5.02 Å². The van der Waals surface area contributed by atoms with E-state index in [1.54, 1.807) is 12.1 Å². The van der Waals surface area contributed by atoms with E-state index in [0.29, 0.717) is 16.4 Å². The summed E-state index contributed by atoms with van der Waals surface area (Å²) >= 11 is 6.13. The molecular weight excluding hydrogens is 364 g/mol. The van der Waals surface area contributed by atoms with Gasteiger partial charge in [-0.15, -0.1) is 0 Å². The molecule has 1 heterocycles. The highest BCUT2D eigenvalue weighted by Crippen LogP contribution is 2.25. The SMILES string of the molecule is O=C(Cc1cccc2ccccc12)OCc1nc(-c2ccccc2Cl)no1. The average Bonchev–Trinajstić information content (AvgIpc) is 3.16. The minimum atomic E-state index is -0.358. The second-order valence-corrected chi connectivity index (χ2v) is 6.37. The lowest BCUT2D eigenvalue weighted by atomic mass is 10.0. The Balaban J connectivity index is 1.42. The first-order valence-electron chi connectivity index (χ1n) is 8.40. The number of esters is 1. The number of benzene rings is 3. The first-order valence-corrected chi connectivity index (χ1v) is 8.78. The zero-order valence-corrected chi connectivity index (χ0v) is 15.0. The molecule has 0 saturated heterocycles. The fourth-order valence-corrected chi connectivity index (χ4v) is 3.08. The van der Waals surface area contributed by atoms with Crippen LogP contribution in [0.5, 0.6) is 0 Å². The van der Waals surface area contributed by atoms with E-state index in [9.17, 15) is 4.79 Å². The summed E-state index contributed by atoms with van der Waals surface area (Å²) in [4.78, 5) is 16.5. The van der Waals surface area contributed by atoms with Gasteiger partial charge in [-0.3, -0.25) is 4.79 Å². The van der Waals surface area contributed by atoms with Crippen LogP contribution in [0.15, 0.2) is 71.3 Å². The van der Waals surface area contributed by atoms with Crippen molar-refractivity contribution in [3.63, 3.8) is 0 Å². The molecule has 3 aromatic carbocycles. The number of aromatic nitrogens is 2. The molecule has 0 radical (unpaired) electrons. The zero-order valence-electron chi connectivity index (χ0n) is 14.3. The van der Waals surface area contributed by atoms with Crippen molar-refractivity contribution in [3.8, 4) is 11.4 Å². The van der Waals surface area contributed by atoms with E-state index in [-0.39, 0.29) is 24.9 Å². The van der Waals surface area contributed by atoms with Gasteiger partial charge in [0.25, 0.3) is 5.89 Å². The molecule has 0 spiro atoms. The minimum absolute atomic E-state index is 0.0823. The summed E-state index contributed by atoms with van der Waals surface area (Å²) in [5.41, 5.74) is 1.58. The molecule has 27 heavy (non-hydrogen) atoms. The van der Waals surface area contributed by atoms with Crippen molar-refractivity contribution >= 4 is 28.3 Å². The molecule has 6 heteroatoms. The largest absolute Gasteiger partial charge is 0.455 e. The van der Waals surface area contributed by atoms with Gasteiger partial charge < -0.3 is 9.26 Å². The standard InChI is InChI=1S/C21H15ClN2O3/c22-18-11-4-3-10-17(18)21-23-19(27-24-21)13-26-20(25)12-15-8-5-7-14-6-1-2-9-16(14)15/h1-11H,12-13H2. The van der Waals surface area contributed by atoms with Gasteiger partial charge >= 0.3 is 5.97 Å². The normalized spacial score (nSPS) is 10.9. The van der Waals surface area contributed by atoms with Crippen LogP contribution in [0, 0.1) is 0 Å². The first-order chi connectivity index (χ1) is 13.2. The average molecular weight is 379 g/mol. The van der Waals surface area contributed by atoms with Crippen molar-refractivity contribution in [1.29, 1.82) is 0 Å². The minimum Gasteiger partial charge on any atom is -0.455 e. The molecule has 0 aliphatic rings. The number of hydrogen-bond donors (Lipinski definition) is 0. The topological polar surface area (TPSA) is 65.2 Å². The summed E-state index contributed by atoms with van der Waals surface area (Å²) in [5.74, 6) is 0.223. The number of halogens is 1. The van der Waals surface area contributed by atoms with Crippen LogP contribution < -0.4 is 0 Å². The third-order valence-corrected chi connectivity index (χ3v) is 4.48. The molecule has 0 atom stereocenters. The van der Waals surface area contributed by atoms with Crippen molar-refractivity contribution in [3.05, 3.63) is 83.2 Å². The summed E-state index contributed by atoms with van der Waals surface area (Å²) in [6.07, 6.45) is 0.173. The number of rotatable bonds is 5. The Morgan fingerprint density at radius 1 is 1.00 bits per heavy atom. The van der Waals surface area contributed by atoms with Gasteiger partial charge in [-0.2, -0.15) is 4.98 Å². The molecule has 1 aromatic heterocycles. The quantitative estimate of drug-likeness (QED) is 0.465. The lowest BCUT2D eigenvalue weighted by Gasteiger charge is -2.06. The molecule has 134 valence electrons. The highest BCUT2D eigenvalue weighted by Gasteiger charge is 2.14. The van der Waals surface area contributed by atoms with Crippen LogP contribution in [0.4, 0.5) is 0 Å². The second-order valence-electron chi connectivity index (χ2n) is 5.97. The number of hydrogen-bond acceptors (Lipinski definition) is 5. The van der Waals surface area contributed by atoms with E-state index >= 15 is 0 Å². The van der Waals surface area contributed by atoms with E-state index in [0.717, 1.165) is 16.3 Å². The van der Waals surface area contributed by atoms with Gasteiger partial charge in [-0.25, -0.2) is 0 Å². The van der Waals surface area contributed by atoms with Crippen molar-refractivity contribution in [1.82, 2.24) is 10.1 Å². The molecule has 4 rings (SSSR count). The van der Waals surface area contributed by atoms with E-state index in [4.69, 9.17) is 20.9 Å². The maximum atomic E-state index is 12.2. The maximum Gasteiger partial charge on any atom is 0.310 e. The summed E-state index contributed by atoms with van der Waals surface area (Å²) in [6, 6.07) is 21.0. The second kappa shape index (κ2) is 7.60. The van der Waals surface area contributed by atoms with Gasteiger partial charge in [0.2, 0.25) is 5.82 Å². The highest BCUT2D eigenvalue weighted by atomic mass is 35.5. The van der Waals surface area contributed by atoms with Gasteiger partial charge in [0.15, 0.2) is 6.61 Å². The Labute approximate surface area is 160 Å². The number of fused-ring (bicyclic) bond motifs is 1. The van der Waals surface area contributed by atoms with Gasteiger partial charge in [0.05, 0.1) is 11.4 Å². The molecule has 0 unspecified atom stereocenters. The molecule has 0 aliphatic heterocycles. The summed E-state index contributed by atoms with van der Waals surface area (Å²) < 4.78 is 10.4. The Morgan fingerprint density at radius 3 is 2.67 bits per heavy atom. The highest BCUT2D eigenvalue weighted by molar-refractivity contribution is 6.33. The van der Waals surface area contributed by atoms with Crippen molar-refractivity contribution < 1.29 is 14.1 Å². The smallest absolute Gasteiger partial charge is 0.310 e. The van der Waals surface area contributed by atoms with E-state index < -0.39 is 0 Å². The van der Waals surface area contributed by atoms with Gasteiger partial charge in [0.1, 0.15) is 0 Å². The Bertz CT molecular complexity index is 1100. The van der Waals surface area contributed by atoms with Crippen molar-refractivity contribution in [2.45, 2.75) is 13.0 Å². The van der Waals surface area contributed by atoms with Crippen LogP contribution in [-0.2, 0) is 22.6 Å². The third kappa shape index (κ3) is 3.83. The Hall–Kier alpha value is -3.18. The maximum absolute atomic E-state index is 12.2. The lowest BCUT2D eigenvalue weighted by molar-refractivity contribution is -0.144. The van der Waals surface area contributed by atoms with Gasteiger partial charge in [-0.05, 0) is 28.5 Å². The fraction of sp³-hybridized carbons (Fsp3) is 0.0952. The van der Waals surface area contributed by atoms with E-state index in [2.05, 4.69) is 10.1 Å². The van der Waals surface area contributed by atoms with Crippen LogP contribution in [0.3, 0.4) is 0 Å². The molecular formula is C21H15ClN2O3. The first kappa shape index (κ1) is 17.2. The molecule has 5 nitrogen and oxygen atoms in total. The number of ether oxygens (including phenoxy) is 1. The van der Waals surface area contributed by atoms with Gasteiger partial charge in [-0.1, -0.05) is 71.4 Å². The Morgan fingerprint density at radius 2 is 1.78 bits per heavy atom. The molecule has 4 aromatic rings. The fourth-order valence-electron chi connectivity index (χ4n) is 2.86. The Kier molecular flexibility index (Phi) is 4.85. The molecule has 0 saturated carbocycles. The summed E-state index contributed by atoms with van der Waals surface area (Å²) in [7, 11) is 0. The van der Waals surface area contributed by atoms with Crippen LogP contribution in [0.1, 0.15) is 11.5 Å². The van der Waals surface area contributed by atoms with Crippen molar-refractivity contribution in [2.75, 3.05) is 0 Å². The molecule has 0 aliphatic carbocycles. The predicted molar refractivity (Wildman–Crippen MR) is 102 cm³/mol. The van der Waals surface area contributed by atoms with E-state index in [1.807, 2.05) is 54.6 Å². The number of nitrogens with zero attached hydrogens (tertiary/aromatic N) is 2. The lowest BCUT2D eigenvalue weighted by Crippen LogP contribution is -2.08. The van der Waals surface area contributed by atoms with E-state index in [1.165, 1.54) is 0 Å². The molecule has 0 N–H and O–H groups in total. The zero-order chi connectivity index (χ0) is 18.6. The number of carbonyl (C=O) groups excluding carboxylic acids is 1. The monoisotopic (exact) mass is 378 g/mol. The molecule has 0 fully saturated rings. The molecule has 0 bridgehead atoms. The number of carbonyl (C=O) groups is 1. The van der Waals surface area contributed by atoms with Crippen LogP contribution in [-0.4, -0.2) is 16.1 Å². The van der Waals surface area contributed by atoms with Gasteiger partial charge in [0, 0.05) is 5.56 Å².